The van der Waals surface area contributed by atoms with Crippen molar-refractivity contribution in [3.05, 3.63) is 59.1 Å². The Morgan fingerprint density at radius 3 is 2.69 bits per heavy atom. The second kappa shape index (κ2) is 8.39. The van der Waals surface area contributed by atoms with Crippen molar-refractivity contribution in [1.82, 2.24) is 14.8 Å². The number of nitrogens with zero attached hydrogens (tertiary/aromatic N) is 2. The Labute approximate surface area is 193 Å². The van der Waals surface area contributed by atoms with Crippen LogP contribution in [-0.4, -0.2) is 39.4 Å². The molecule has 1 aliphatic carbocycles. The SMILES string of the molecule is C[C@@H](CN1C(=O)c2cc3sccc3n2C[C@@]1(C)C(=O)NC1CCCCC1)c1ccccc1. The van der Waals surface area contributed by atoms with E-state index in [0.717, 1.165) is 35.9 Å². The number of carbonyl (C=O) groups excluding carboxylic acids is 2. The fourth-order valence-corrected chi connectivity index (χ4v) is 6.13. The van der Waals surface area contributed by atoms with Crippen LogP contribution in [0.4, 0.5) is 0 Å². The molecule has 2 amide bonds. The number of carbonyl (C=O) groups is 2. The number of benzene rings is 1. The molecule has 0 saturated heterocycles. The van der Waals surface area contributed by atoms with Crippen LogP contribution in [0.5, 0.6) is 0 Å². The summed E-state index contributed by atoms with van der Waals surface area (Å²) in [6, 6.07) is 14.5. The Kier molecular flexibility index (Phi) is 5.58. The van der Waals surface area contributed by atoms with Gasteiger partial charge in [0.1, 0.15) is 11.2 Å². The molecular weight excluding hydrogens is 418 g/mol. The zero-order chi connectivity index (χ0) is 22.3. The third-order valence-corrected chi connectivity index (χ3v) is 8.16. The normalized spacial score (nSPS) is 22.7. The summed E-state index contributed by atoms with van der Waals surface area (Å²) < 4.78 is 3.15. The highest BCUT2D eigenvalue weighted by atomic mass is 32.1. The molecular formula is C26H31N3O2S. The van der Waals surface area contributed by atoms with E-state index in [0.29, 0.717) is 18.8 Å². The molecule has 32 heavy (non-hydrogen) atoms. The van der Waals surface area contributed by atoms with Crippen LogP contribution in [0.15, 0.2) is 47.8 Å². The second-order valence-corrected chi connectivity index (χ2v) is 10.5. The van der Waals surface area contributed by atoms with Crippen LogP contribution in [0, 0.1) is 0 Å². The third-order valence-electron chi connectivity index (χ3n) is 7.30. The van der Waals surface area contributed by atoms with E-state index < -0.39 is 5.54 Å². The highest BCUT2D eigenvalue weighted by molar-refractivity contribution is 7.17. The number of hydrogen-bond donors (Lipinski definition) is 1. The molecule has 0 radical (unpaired) electrons. The largest absolute Gasteiger partial charge is 0.351 e. The van der Waals surface area contributed by atoms with E-state index in [1.807, 2.05) is 41.5 Å². The van der Waals surface area contributed by atoms with E-state index in [1.165, 1.54) is 12.0 Å². The van der Waals surface area contributed by atoms with E-state index in [4.69, 9.17) is 0 Å². The molecule has 1 saturated carbocycles. The number of rotatable bonds is 5. The Balaban J connectivity index is 1.50. The molecule has 3 aromatic rings. The van der Waals surface area contributed by atoms with Crippen molar-refractivity contribution in [3.8, 4) is 0 Å². The summed E-state index contributed by atoms with van der Waals surface area (Å²) in [5.41, 5.74) is 1.98. The highest BCUT2D eigenvalue weighted by Gasteiger charge is 2.48. The fourth-order valence-electron chi connectivity index (χ4n) is 5.31. The number of aromatic nitrogens is 1. The van der Waals surface area contributed by atoms with Crippen molar-refractivity contribution in [2.45, 2.75) is 70.0 Å². The van der Waals surface area contributed by atoms with Gasteiger partial charge in [-0.1, -0.05) is 56.5 Å². The Morgan fingerprint density at radius 1 is 1.19 bits per heavy atom. The summed E-state index contributed by atoms with van der Waals surface area (Å²) in [4.78, 5) is 29.4. The second-order valence-electron chi connectivity index (χ2n) is 9.60. The van der Waals surface area contributed by atoms with E-state index >= 15 is 0 Å². The minimum absolute atomic E-state index is 0.0271. The van der Waals surface area contributed by atoms with Gasteiger partial charge in [-0.05, 0) is 48.8 Å². The Hall–Kier alpha value is -2.60. The Bertz CT molecular complexity index is 1130. The van der Waals surface area contributed by atoms with Gasteiger partial charge in [-0.2, -0.15) is 0 Å². The molecule has 1 fully saturated rings. The van der Waals surface area contributed by atoms with Gasteiger partial charge in [0.2, 0.25) is 5.91 Å². The van der Waals surface area contributed by atoms with Gasteiger partial charge in [0, 0.05) is 12.6 Å². The van der Waals surface area contributed by atoms with E-state index in [-0.39, 0.29) is 23.8 Å². The monoisotopic (exact) mass is 449 g/mol. The summed E-state index contributed by atoms with van der Waals surface area (Å²) in [5.74, 6) is 0.0500. The number of thiophene rings is 1. The molecule has 5 rings (SSSR count). The maximum atomic E-state index is 13.8. The summed E-state index contributed by atoms with van der Waals surface area (Å²) in [7, 11) is 0. The first-order chi connectivity index (χ1) is 15.5. The minimum Gasteiger partial charge on any atom is -0.351 e. The molecule has 1 aliphatic heterocycles. The third kappa shape index (κ3) is 3.64. The van der Waals surface area contributed by atoms with Crippen LogP contribution in [0.3, 0.4) is 0 Å². The van der Waals surface area contributed by atoms with Crippen LogP contribution in [-0.2, 0) is 11.3 Å². The molecule has 6 heteroatoms. The fraction of sp³-hybridized carbons (Fsp3) is 0.462. The zero-order valence-corrected chi connectivity index (χ0v) is 19.7. The van der Waals surface area contributed by atoms with Gasteiger partial charge in [0.15, 0.2) is 0 Å². The first kappa shape index (κ1) is 21.3. The van der Waals surface area contributed by atoms with Crippen molar-refractivity contribution in [3.63, 3.8) is 0 Å². The summed E-state index contributed by atoms with van der Waals surface area (Å²) in [6.45, 7) is 5.07. The highest BCUT2D eigenvalue weighted by Crippen LogP contribution is 2.36. The molecule has 1 aromatic carbocycles. The van der Waals surface area contributed by atoms with Gasteiger partial charge in [0.25, 0.3) is 5.91 Å². The lowest BCUT2D eigenvalue weighted by Crippen LogP contribution is -2.65. The molecule has 0 unspecified atom stereocenters. The van der Waals surface area contributed by atoms with Crippen LogP contribution < -0.4 is 5.32 Å². The maximum Gasteiger partial charge on any atom is 0.271 e. The molecule has 1 N–H and O–H groups in total. The van der Waals surface area contributed by atoms with Crippen molar-refractivity contribution < 1.29 is 9.59 Å². The van der Waals surface area contributed by atoms with Crippen LogP contribution >= 0.6 is 11.3 Å². The quantitative estimate of drug-likeness (QED) is 0.584. The number of nitrogens with one attached hydrogen (secondary N) is 1. The van der Waals surface area contributed by atoms with Gasteiger partial charge < -0.3 is 14.8 Å². The lowest BCUT2D eigenvalue weighted by molar-refractivity contribution is -0.133. The molecule has 2 aliphatic rings. The molecule has 0 spiro atoms. The van der Waals surface area contributed by atoms with Crippen molar-refractivity contribution in [2.75, 3.05) is 6.54 Å². The predicted octanol–water partition coefficient (Wildman–Crippen LogP) is 5.17. The summed E-state index contributed by atoms with van der Waals surface area (Å²) >= 11 is 1.64. The predicted molar refractivity (Wildman–Crippen MR) is 129 cm³/mol. The smallest absolute Gasteiger partial charge is 0.271 e. The topological polar surface area (TPSA) is 54.3 Å². The molecule has 0 bridgehead atoms. The average molecular weight is 450 g/mol. The van der Waals surface area contributed by atoms with Crippen LogP contribution in [0.2, 0.25) is 0 Å². The van der Waals surface area contributed by atoms with Crippen molar-refractivity contribution in [1.29, 1.82) is 0 Å². The van der Waals surface area contributed by atoms with E-state index in [1.54, 1.807) is 11.3 Å². The Morgan fingerprint density at radius 2 is 1.94 bits per heavy atom. The van der Waals surface area contributed by atoms with Gasteiger partial charge in [0.05, 0.1) is 16.8 Å². The summed E-state index contributed by atoms with van der Waals surface area (Å²) in [6.07, 6.45) is 5.62. The van der Waals surface area contributed by atoms with Crippen molar-refractivity contribution in [2.24, 2.45) is 0 Å². The number of amides is 2. The van der Waals surface area contributed by atoms with Crippen LogP contribution in [0.1, 0.15) is 67.9 Å². The molecule has 2 aromatic heterocycles. The minimum atomic E-state index is -0.932. The zero-order valence-electron chi connectivity index (χ0n) is 18.8. The summed E-state index contributed by atoms with van der Waals surface area (Å²) in [5, 5.41) is 5.36. The molecule has 5 nitrogen and oxygen atoms in total. The molecule has 3 heterocycles. The van der Waals surface area contributed by atoms with Crippen molar-refractivity contribution >= 4 is 33.4 Å². The van der Waals surface area contributed by atoms with Crippen LogP contribution in [0.25, 0.3) is 10.2 Å². The number of fused-ring (bicyclic) bond motifs is 3. The maximum absolute atomic E-state index is 13.8. The van der Waals surface area contributed by atoms with Gasteiger partial charge in [-0.3, -0.25) is 9.59 Å². The standard InChI is InChI=1S/C26H31N3O2S/c1-18(19-9-5-3-6-10-19)16-29-24(30)22-15-23-21(13-14-32-23)28(22)17-26(29,2)25(31)27-20-11-7-4-8-12-20/h3,5-6,9-10,13-15,18,20H,4,7-8,11-12,16-17H2,1-2H3,(H,27,31)/t18-,26-/m0/s1. The molecule has 2 atom stereocenters. The number of hydrogen-bond acceptors (Lipinski definition) is 3. The van der Waals surface area contributed by atoms with E-state index in [9.17, 15) is 9.59 Å². The lowest BCUT2D eigenvalue weighted by Gasteiger charge is -2.45. The molecule has 168 valence electrons. The first-order valence-electron chi connectivity index (χ1n) is 11.7. The van der Waals surface area contributed by atoms with Gasteiger partial charge in [-0.15, -0.1) is 11.3 Å². The lowest BCUT2D eigenvalue weighted by atomic mass is 9.89. The van der Waals surface area contributed by atoms with E-state index in [2.05, 4.69) is 35.0 Å². The van der Waals surface area contributed by atoms with Gasteiger partial charge in [-0.25, -0.2) is 0 Å². The first-order valence-corrected chi connectivity index (χ1v) is 12.6. The average Bonchev–Trinajstić information content (AvgIpc) is 3.40. The van der Waals surface area contributed by atoms with Gasteiger partial charge >= 0.3 is 0 Å².